The first-order valence-corrected chi connectivity index (χ1v) is 19.1. The number of nitrogens with one attached hydrogen (secondary N) is 5. The highest BCUT2D eigenvalue weighted by atomic mass is 16.4. The van der Waals surface area contributed by atoms with E-state index >= 15 is 0 Å². The standard InChI is InChI=1S/C42H52N6O7/c1-27(2)36(47-39(51)35-21-13-23-48(35)41(53)31-20-12-22-43-31)40(52)45-33(25-29-16-8-4-9-17-29)37(49)44-32(24-28-14-6-3-7-15-28)38(50)46-34(42(54)55)26-30-18-10-5-11-19-30/h3-11,14-19,27,31-36,43H,12-13,20-26H2,1-2H3,(H,44,49)(H,45,52)(H,46,50)(H,47,51)(H,54,55)/t31-,32-,33-,34-,35-,36-/m0/s1. The molecule has 5 rings (SSSR count). The number of aliphatic carboxylic acids is 1. The molecule has 2 aliphatic heterocycles. The molecule has 0 saturated carbocycles. The lowest BCUT2D eigenvalue weighted by molar-refractivity contribution is -0.142. The van der Waals surface area contributed by atoms with E-state index in [2.05, 4.69) is 26.6 Å². The van der Waals surface area contributed by atoms with Crippen molar-refractivity contribution in [3.63, 3.8) is 0 Å². The van der Waals surface area contributed by atoms with Gasteiger partial charge in [-0.2, -0.15) is 0 Å². The maximum atomic E-state index is 14.2. The molecule has 2 saturated heterocycles. The Hall–Kier alpha value is -5.56. The first-order chi connectivity index (χ1) is 26.5. The highest BCUT2D eigenvalue weighted by molar-refractivity contribution is 5.97. The van der Waals surface area contributed by atoms with Gasteiger partial charge < -0.3 is 36.6 Å². The van der Waals surface area contributed by atoms with E-state index in [-0.39, 0.29) is 37.1 Å². The van der Waals surface area contributed by atoms with E-state index in [0.29, 0.717) is 31.4 Å². The molecule has 55 heavy (non-hydrogen) atoms. The first kappa shape index (κ1) is 40.6. The highest BCUT2D eigenvalue weighted by Gasteiger charge is 2.40. The number of carboxylic acids is 1. The number of hydrogen-bond acceptors (Lipinski definition) is 7. The first-order valence-electron chi connectivity index (χ1n) is 19.1. The van der Waals surface area contributed by atoms with E-state index < -0.39 is 59.8 Å². The Labute approximate surface area is 322 Å². The Morgan fingerprint density at radius 3 is 1.58 bits per heavy atom. The average Bonchev–Trinajstić information content (AvgIpc) is 3.91. The Morgan fingerprint density at radius 1 is 0.655 bits per heavy atom. The normalized spacial score (nSPS) is 18.8. The van der Waals surface area contributed by atoms with Gasteiger partial charge in [-0.25, -0.2) is 4.79 Å². The number of rotatable bonds is 17. The lowest BCUT2D eigenvalue weighted by Gasteiger charge is -2.30. The van der Waals surface area contributed by atoms with E-state index in [4.69, 9.17) is 0 Å². The number of benzene rings is 3. The minimum Gasteiger partial charge on any atom is -0.480 e. The van der Waals surface area contributed by atoms with Crippen molar-refractivity contribution >= 4 is 35.5 Å². The third kappa shape index (κ3) is 11.5. The monoisotopic (exact) mass is 752 g/mol. The van der Waals surface area contributed by atoms with Crippen LogP contribution in [-0.2, 0) is 48.0 Å². The molecule has 13 nitrogen and oxygen atoms in total. The summed E-state index contributed by atoms with van der Waals surface area (Å²) in [5.74, 6) is -4.08. The molecule has 6 N–H and O–H groups in total. The van der Waals surface area contributed by atoms with E-state index in [1.165, 1.54) is 0 Å². The SMILES string of the molecule is CC(C)[C@H](NC(=O)[C@@H]1CCCN1C(=O)[C@@H]1CCCN1)C(=O)N[C@@H](Cc1ccccc1)C(=O)N[C@@H](Cc1ccccc1)C(=O)N[C@@H](Cc1ccccc1)C(=O)O. The second-order valence-electron chi connectivity index (χ2n) is 14.7. The summed E-state index contributed by atoms with van der Waals surface area (Å²) in [6.07, 6.45) is 2.92. The summed E-state index contributed by atoms with van der Waals surface area (Å²) < 4.78 is 0. The molecule has 13 heteroatoms. The van der Waals surface area contributed by atoms with Crippen LogP contribution in [-0.4, -0.2) is 94.9 Å². The van der Waals surface area contributed by atoms with E-state index in [1.54, 1.807) is 67.3 Å². The summed E-state index contributed by atoms with van der Waals surface area (Å²) >= 11 is 0. The van der Waals surface area contributed by atoms with Crippen LogP contribution in [0.4, 0.5) is 0 Å². The predicted molar refractivity (Wildman–Crippen MR) is 206 cm³/mol. The zero-order valence-electron chi connectivity index (χ0n) is 31.4. The molecule has 292 valence electrons. The zero-order chi connectivity index (χ0) is 39.3. The zero-order valence-corrected chi connectivity index (χ0v) is 31.4. The summed E-state index contributed by atoms with van der Waals surface area (Å²) in [6, 6.07) is 21.3. The molecule has 6 atom stereocenters. The van der Waals surface area contributed by atoms with Gasteiger partial charge in [-0.3, -0.25) is 24.0 Å². The molecule has 2 aliphatic rings. The van der Waals surface area contributed by atoms with E-state index in [0.717, 1.165) is 24.1 Å². The maximum Gasteiger partial charge on any atom is 0.326 e. The second kappa shape index (κ2) is 19.7. The molecule has 2 heterocycles. The van der Waals surface area contributed by atoms with Crippen molar-refractivity contribution in [2.24, 2.45) is 5.92 Å². The minimum atomic E-state index is -1.26. The van der Waals surface area contributed by atoms with Gasteiger partial charge in [-0.05, 0) is 54.8 Å². The fraction of sp³-hybridized carbons (Fsp3) is 0.429. The molecule has 0 bridgehead atoms. The number of carbonyl (C=O) groups is 6. The molecule has 5 amide bonds. The van der Waals surface area contributed by atoms with Gasteiger partial charge in [-0.15, -0.1) is 0 Å². The molecule has 0 unspecified atom stereocenters. The number of carboxylic acid groups (broad SMARTS) is 1. The maximum absolute atomic E-state index is 14.2. The summed E-state index contributed by atoms with van der Waals surface area (Å²) in [5.41, 5.74) is 2.19. The van der Waals surface area contributed by atoms with Crippen molar-refractivity contribution in [3.8, 4) is 0 Å². The van der Waals surface area contributed by atoms with Crippen LogP contribution in [0, 0.1) is 5.92 Å². The summed E-state index contributed by atoms with van der Waals surface area (Å²) in [7, 11) is 0. The Bertz CT molecular complexity index is 1770. The quantitative estimate of drug-likeness (QED) is 0.121. The van der Waals surface area contributed by atoms with Crippen LogP contribution in [0.25, 0.3) is 0 Å². The molecule has 0 aliphatic carbocycles. The molecule has 2 fully saturated rings. The van der Waals surface area contributed by atoms with Gasteiger partial charge in [0.05, 0.1) is 6.04 Å². The van der Waals surface area contributed by atoms with E-state index in [9.17, 15) is 33.9 Å². The molecule has 0 radical (unpaired) electrons. The molecular weight excluding hydrogens is 700 g/mol. The van der Waals surface area contributed by atoms with Crippen LogP contribution in [0.15, 0.2) is 91.0 Å². The van der Waals surface area contributed by atoms with Gasteiger partial charge >= 0.3 is 5.97 Å². The van der Waals surface area contributed by atoms with Crippen molar-refractivity contribution < 1.29 is 33.9 Å². The topological polar surface area (TPSA) is 186 Å². The van der Waals surface area contributed by atoms with Crippen LogP contribution in [0.5, 0.6) is 0 Å². The van der Waals surface area contributed by atoms with Gasteiger partial charge in [0.1, 0.15) is 30.2 Å². The molecule has 0 aromatic heterocycles. The van der Waals surface area contributed by atoms with Crippen molar-refractivity contribution in [2.45, 2.75) is 95.0 Å². The number of nitrogens with zero attached hydrogens (tertiary/aromatic N) is 1. The lowest BCUT2D eigenvalue weighted by atomic mass is 9.99. The molecule has 0 spiro atoms. The van der Waals surface area contributed by atoms with Crippen molar-refractivity contribution in [3.05, 3.63) is 108 Å². The summed E-state index contributed by atoms with van der Waals surface area (Å²) in [4.78, 5) is 82.9. The summed E-state index contributed by atoms with van der Waals surface area (Å²) in [6.45, 7) is 4.78. The third-order valence-electron chi connectivity index (χ3n) is 10.2. The summed E-state index contributed by atoms with van der Waals surface area (Å²) in [5, 5.41) is 24.3. The average molecular weight is 753 g/mol. The van der Waals surface area contributed by atoms with Gasteiger partial charge in [0.2, 0.25) is 29.5 Å². The van der Waals surface area contributed by atoms with Crippen LogP contribution < -0.4 is 26.6 Å². The molecule has 3 aromatic rings. The van der Waals surface area contributed by atoms with Crippen LogP contribution in [0.2, 0.25) is 0 Å². The van der Waals surface area contributed by atoms with Gasteiger partial charge in [0, 0.05) is 25.8 Å². The van der Waals surface area contributed by atoms with Gasteiger partial charge in [0.15, 0.2) is 0 Å². The number of likely N-dealkylation sites (tertiary alicyclic amines) is 1. The number of carbonyl (C=O) groups excluding carboxylic acids is 5. The smallest absolute Gasteiger partial charge is 0.326 e. The van der Waals surface area contributed by atoms with Crippen LogP contribution >= 0.6 is 0 Å². The van der Waals surface area contributed by atoms with Gasteiger partial charge in [-0.1, -0.05) is 105 Å². The Balaban J connectivity index is 1.33. The number of amides is 5. The third-order valence-corrected chi connectivity index (χ3v) is 10.2. The Kier molecular flexibility index (Phi) is 14.5. The lowest BCUT2D eigenvalue weighted by Crippen LogP contribution is -2.60. The minimum absolute atomic E-state index is 0.0349. The predicted octanol–water partition coefficient (Wildman–Crippen LogP) is 2.14. The Morgan fingerprint density at radius 2 is 1.13 bits per heavy atom. The number of hydrogen-bond donors (Lipinski definition) is 6. The van der Waals surface area contributed by atoms with Gasteiger partial charge in [0.25, 0.3) is 0 Å². The second-order valence-corrected chi connectivity index (χ2v) is 14.7. The van der Waals surface area contributed by atoms with Crippen molar-refractivity contribution in [2.75, 3.05) is 13.1 Å². The molecular formula is C42H52N6O7. The largest absolute Gasteiger partial charge is 0.480 e. The van der Waals surface area contributed by atoms with E-state index in [1.807, 2.05) is 42.5 Å². The van der Waals surface area contributed by atoms with Crippen LogP contribution in [0.1, 0.15) is 56.2 Å². The van der Waals surface area contributed by atoms with Crippen LogP contribution in [0.3, 0.4) is 0 Å². The van der Waals surface area contributed by atoms with Crippen molar-refractivity contribution in [1.82, 2.24) is 31.5 Å². The fourth-order valence-electron chi connectivity index (χ4n) is 7.16. The fourth-order valence-corrected chi connectivity index (χ4v) is 7.16. The highest BCUT2D eigenvalue weighted by Crippen LogP contribution is 2.21. The molecule has 3 aromatic carbocycles. The van der Waals surface area contributed by atoms with Crippen molar-refractivity contribution in [1.29, 1.82) is 0 Å².